The lowest BCUT2D eigenvalue weighted by Crippen LogP contribution is -2.54. The Morgan fingerprint density at radius 2 is 1.71 bits per heavy atom. The van der Waals surface area contributed by atoms with Crippen LogP contribution < -0.4 is 10.2 Å². The summed E-state index contributed by atoms with van der Waals surface area (Å²) in [5.41, 5.74) is 2.54. The van der Waals surface area contributed by atoms with E-state index in [1.807, 2.05) is 12.1 Å². The lowest BCUT2D eigenvalue weighted by atomic mass is 9.93. The second-order valence-corrected chi connectivity index (χ2v) is 8.07. The molecule has 1 N–H and O–H groups in total. The lowest BCUT2D eigenvalue weighted by Gasteiger charge is -2.33. The van der Waals surface area contributed by atoms with Gasteiger partial charge in [-0.25, -0.2) is 9.97 Å². The van der Waals surface area contributed by atoms with Crippen LogP contribution in [0.5, 0.6) is 0 Å². The number of hydrogen-bond donors (Lipinski definition) is 1. The highest BCUT2D eigenvalue weighted by Gasteiger charge is 2.44. The number of aromatic nitrogens is 2. The molecule has 2 fully saturated rings. The number of hydrogen-bond acceptors (Lipinski definition) is 7. The van der Waals surface area contributed by atoms with Gasteiger partial charge in [-0.15, -0.1) is 0 Å². The molecular formula is C22H21N5O4. The van der Waals surface area contributed by atoms with E-state index < -0.39 is 23.8 Å². The Balaban J connectivity index is 1.33. The second-order valence-electron chi connectivity index (χ2n) is 8.07. The fraction of sp³-hybridized carbons (Fsp3) is 0.364. The predicted octanol–water partition coefficient (Wildman–Crippen LogP) is 1.26. The number of nitrogens with zero attached hydrogens (tertiary/aromatic N) is 4. The van der Waals surface area contributed by atoms with Crippen molar-refractivity contribution >= 4 is 29.3 Å². The molecule has 0 bridgehead atoms. The molecule has 5 rings (SSSR count). The predicted molar refractivity (Wildman–Crippen MR) is 109 cm³/mol. The highest BCUT2D eigenvalue weighted by molar-refractivity contribution is 6.23. The van der Waals surface area contributed by atoms with Gasteiger partial charge in [0, 0.05) is 43.0 Å². The zero-order valence-corrected chi connectivity index (χ0v) is 16.8. The Morgan fingerprint density at radius 1 is 0.935 bits per heavy atom. The van der Waals surface area contributed by atoms with Crippen LogP contribution in [0.3, 0.4) is 0 Å². The molecule has 9 nitrogen and oxygen atoms in total. The quantitative estimate of drug-likeness (QED) is 0.746. The van der Waals surface area contributed by atoms with Crippen LogP contribution >= 0.6 is 0 Å². The molecule has 4 amide bonds. The van der Waals surface area contributed by atoms with Crippen LogP contribution in [0.4, 0.5) is 5.69 Å². The van der Waals surface area contributed by atoms with Crippen LogP contribution in [0.15, 0.2) is 36.8 Å². The molecule has 2 aromatic rings. The van der Waals surface area contributed by atoms with Crippen LogP contribution in [0.2, 0.25) is 0 Å². The van der Waals surface area contributed by atoms with Crippen LogP contribution in [0.1, 0.15) is 58.0 Å². The molecule has 0 radical (unpaired) electrons. The van der Waals surface area contributed by atoms with Crippen molar-refractivity contribution < 1.29 is 19.2 Å². The SMILES string of the molecule is O=C1CCC(N2C(=O)c3ccc(N4CCC(c5ccncn5)CC4)cc3C2=O)C(=O)N1. The minimum atomic E-state index is -0.947. The molecule has 3 aliphatic heterocycles. The van der Waals surface area contributed by atoms with E-state index in [1.165, 1.54) is 0 Å². The Hall–Kier alpha value is -3.62. The first kappa shape index (κ1) is 19.3. The summed E-state index contributed by atoms with van der Waals surface area (Å²) in [5.74, 6) is -1.57. The van der Waals surface area contributed by atoms with Gasteiger partial charge in [-0.1, -0.05) is 0 Å². The Kier molecular flexibility index (Phi) is 4.72. The molecule has 2 saturated heterocycles. The summed E-state index contributed by atoms with van der Waals surface area (Å²) in [6.45, 7) is 1.62. The normalized spacial score (nSPS) is 22.0. The number of piperidine rings is 2. The molecular weight excluding hydrogens is 398 g/mol. The summed E-state index contributed by atoms with van der Waals surface area (Å²) in [4.78, 5) is 61.0. The van der Waals surface area contributed by atoms with Gasteiger partial charge in [0.25, 0.3) is 11.8 Å². The average Bonchev–Trinajstić information content (AvgIpc) is 3.04. The van der Waals surface area contributed by atoms with Crippen molar-refractivity contribution in [1.29, 1.82) is 0 Å². The van der Waals surface area contributed by atoms with E-state index in [1.54, 1.807) is 24.7 Å². The van der Waals surface area contributed by atoms with Gasteiger partial charge in [-0.3, -0.25) is 29.4 Å². The minimum Gasteiger partial charge on any atom is -0.371 e. The number of nitrogens with one attached hydrogen (secondary N) is 1. The van der Waals surface area contributed by atoms with E-state index in [2.05, 4.69) is 20.2 Å². The second kappa shape index (κ2) is 7.57. The van der Waals surface area contributed by atoms with E-state index in [0.717, 1.165) is 42.2 Å². The van der Waals surface area contributed by atoms with Crippen molar-refractivity contribution in [3.8, 4) is 0 Å². The number of carbonyl (C=O) groups is 4. The molecule has 0 saturated carbocycles. The first-order valence-corrected chi connectivity index (χ1v) is 10.4. The van der Waals surface area contributed by atoms with Gasteiger partial charge >= 0.3 is 0 Å². The first-order chi connectivity index (χ1) is 15.0. The molecule has 1 aromatic carbocycles. The molecule has 0 spiro atoms. The summed E-state index contributed by atoms with van der Waals surface area (Å²) in [6.07, 6.45) is 5.45. The average molecular weight is 419 g/mol. The van der Waals surface area contributed by atoms with Crippen molar-refractivity contribution in [2.45, 2.75) is 37.6 Å². The molecule has 1 unspecified atom stereocenters. The summed E-state index contributed by atoms with van der Waals surface area (Å²) < 4.78 is 0. The smallest absolute Gasteiger partial charge is 0.262 e. The van der Waals surface area contributed by atoms with Crippen molar-refractivity contribution in [1.82, 2.24) is 20.2 Å². The zero-order valence-electron chi connectivity index (χ0n) is 16.8. The third-order valence-electron chi connectivity index (χ3n) is 6.31. The monoisotopic (exact) mass is 419 g/mol. The molecule has 1 atom stereocenters. The Bertz CT molecular complexity index is 1080. The van der Waals surface area contributed by atoms with Gasteiger partial charge in [0.2, 0.25) is 11.8 Å². The molecule has 3 aliphatic rings. The molecule has 0 aliphatic carbocycles. The van der Waals surface area contributed by atoms with Crippen LogP contribution in [-0.2, 0) is 9.59 Å². The Labute approximate surface area is 178 Å². The highest BCUT2D eigenvalue weighted by Crippen LogP contribution is 2.33. The number of amides is 4. The van der Waals surface area contributed by atoms with Crippen molar-refractivity contribution in [2.75, 3.05) is 18.0 Å². The summed E-state index contributed by atoms with van der Waals surface area (Å²) >= 11 is 0. The number of anilines is 1. The summed E-state index contributed by atoms with van der Waals surface area (Å²) in [5, 5.41) is 2.21. The number of carbonyl (C=O) groups excluding carboxylic acids is 4. The van der Waals surface area contributed by atoms with Gasteiger partial charge in [0.05, 0.1) is 11.1 Å². The van der Waals surface area contributed by atoms with Crippen molar-refractivity contribution in [3.05, 3.63) is 53.6 Å². The van der Waals surface area contributed by atoms with E-state index in [9.17, 15) is 19.2 Å². The van der Waals surface area contributed by atoms with Crippen molar-refractivity contribution in [2.24, 2.45) is 0 Å². The van der Waals surface area contributed by atoms with E-state index >= 15 is 0 Å². The fourth-order valence-corrected chi connectivity index (χ4v) is 4.63. The topological polar surface area (TPSA) is 113 Å². The zero-order chi connectivity index (χ0) is 21.5. The van der Waals surface area contributed by atoms with Gasteiger partial charge < -0.3 is 4.90 Å². The lowest BCUT2D eigenvalue weighted by molar-refractivity contribution is -0.136. The molecule has 4 heterocycles. The third-order valence-corrected chi connectivity index (χ3v) is 6.31. The number of benzene rings is 1. The van der Waals surface area contributed by atoms with Crippen LogP contribution in [0.25, 0.3) is 0 Å². The maximum atomic E-state index is 13.0. The third kappa shape index (κ3) is 3.35. The Morgan fingerprint density at radius 3 is 2.42 bits per heavy atom. The number of fused-ring (bicyclic) bond motifs is 1. The minimum absolute atomic E-state index is 0.107. The summed E-state index contributed by atoms with van der Waals surface area (Å²) in [7, 11) is 0. The first-order valence-electron chi connectivity index (χ1n) is 10.4. The van der Waals surface area contributed by atoms with E-state index in [4.69, 9.17) is 0 Å². The molecule has 31 heavy (non-hydrogen) atoms. The van der Waals surface area contributed by atoms with Gasteiger partial charge in [0.1, 0.15) is 12.4 Å². The van der Waals surface area contributed by atoms with Crippen molar-refractivity contribution in [3.63, 3.8) is 0 Å². The highest BCUT2D eigenvalue weighted by atomic mass is 16.2. The standard InChI is InChI=1S/C22H21N5O4/c28-19-4-3-18(20(29)25-19)27-21(30)15-2-1-14(11-16(15)22(27)31)26-9-6-13(7-10-26)17-5-8-23-12-24-17/h1-2,5,8,11-13,18H,3-4,6-7,9-10H2,(H,25,28,29). The number of rotatable bonds is 3. The van der Waals surface area contributed by atoms with Gasteiger partial charge in [-0.05, 0) is 43.5 Å². The maximum Gasteiger partial charge on any atom is 0.262 e. The fourth-order valence-electron chi connectivity index (χ4n) is 4.63. The molecule has 1 aromatic heterocycles. The largest absolute Gasteiger partial charge is 0.371 e. The summed E-state index contributed by atoms with van der Waals surface area (Å²) in [6, 6.07) is 6.25. The van der Waals surface area contributed by atoms with E-state index in [-0.39, 0.29) is 18.7 Å². The van der Waals surface area contributed by atoms with Gasteiger partial charge in [-0.2, -0.15) is 0 Å². The number of imide groups is 2. The molecule has 158 valence electrons. The van der Waals surface area contributed by atoms with Crippen LogP contribution in [0, 0.1) is 0 Å². The van der Waals surface area contributed by atoms with Crippen LogP contribution in [-0.4, -0.2) is 57.6 Å². The molecule has 9 heteroatoms. The van der Waals surface area contributed by atoms with E-state index in [0.29, 0.717) is 17.0 Å². The van der Waals surface area contributed by atoms with Gasteiger partial charge in [0.15, 0.2) is 0 Å². The maximum absolute atomic E-state index is 13.0.